The van der Waals surface area contributed by atoms with Crippen LogP contribution in [-0.4, -0.2) is 43.6 Å². The van der Waals surface area contributed by atoms with E-state index in [1.807, 2.05) is 0 Å². The Balaban J connectivity index is 1.76. The van der Waals surface area contributed by atoms with Gasteiger partial charge in [0.05, 0.1) is 6.61 Å². The van der Waals surface area contributed by atoms with Crippen molar-refractivity contribution in [3.63, 3.8) is 0 Å². The number of fused-ring (bicyclic) bond motifs is 1. The molecule has 2 fully saturated rings. The van der Waals surface area contributed by atoms with Gasteiger partial charge in [-0.25, -0.2) is 0 Å². The molecule has 0 unspecified atom stereocenters. The van der Waals surface area contributed by atoms with E-state index in [0.29, 0.717) is 0 Å². The van der Waals surface area contributed by atoms with Gasteiger partial charge >= 0.3 is 0 Å². The molecule has 0 saturated carbocycles. The molecule has 2 aliphatic heterocycles. The lowest BCUT2D eigenvalue weighted by Crippen LogP contribution is -2.40. The quantitative estimate of drug-likeness (QED) is 0.646. The summed E-state index contributed by atoms with van der Waals surface area (Å²) in [5.74, 6) is 2.46. The third kappa shape index (κ3) is 2.36. The van der Waals surface area contributed by atoms with Crippen LogP contribution >= 0.6 is 11.6 Å². The van der Waals surface area contributed by atoms with Gasteiger partial charge in [-0.3, -0.25) is 0 Å². The van der Waals surface area contributed by atoms with Crippen molar-refractivity contribution in [2.45, 2.75) is 12.8 Å². The van der Waals surface area contributed by atoms with Crippen LogP contribution in [0.2, 0.25) is 0 Å². The first-order chi connectivity index (χ1) is 6.40. The molecule has 0 radical (unpaired) electrons. The minimum atomic E-state index is 0.793. The lowest BCUT2D eigenvalue weighted by molar-refractivity contribution is 0.147. The highest BCUT2D eigenvalue weighted by atomic mass is 35.5. The smallest absolute Gasteiger partial charge is 0.0510 e. The third-order valence-corrected chi connectivity index (χ3v) is 3.51. The maximum absolute atomic E-state index is 5.68. The lowest BCUT2D eigenvalue weighted by Gasteiger charge is -2.33. The fraction of sp³-hybridized carbons (Fsp3) is 1.00. The molecule has 0 N–H and O–H groups in total. The van der Waals surface area contributed by atoms with Crippen LogP contribution in [0.5, 0.6) is 0 Å². The molecule has 0 aromatic rings. The maximum Gasteiger partial charge on any atom is 0.0510 e. The first kappa shape index (κ1) is 9.75. The second-order valence-electron chi connectivity index (χ2n) is 4.19. The van der Waals surface area contributed by atoms with Gasteiger partial charge in [0, 0.05) is 24.9 Å². The standard InChI is InChI=1S/C10H18ClNO/c11-3-1-4-12-5-2-9-7-13-8-10(9)6-12/h9-10H,1-8H2/t9-,10+/m1/s1. The van der Waals surface area contributed by atoms with Crippen molar-refractivity contribution < 1.29 is 4.74 Å². The summed E-state index contributed by atoms with van der Waals surface area (Å²) < 4.78 is 5.49. The van der Waals surface area contributed by atoms with Gasteiger partial charge in [-0.1, -0.05) is 0 Å². The van der Waals surface area contributed by atoms with E-state index in [-0.39, 0.29) is 0 Å². The number of likely N-dealkylation sites (tertiary alicyclic amines) is 1. The van der Waals surface area contributed by atoms with Gasteiger partial charge in [0.1, 0.15) is 0 Å². The lowest BCUT2D eigenvalue weighted by atomic mass is 9.89. The van der Waals surface area contributed by atoms with Crippen molar-refractivity contribution in [3.8, 4) is 0 Å². The molecule has 0 bridgehead atoms. The van der Waals surface area contributed by atoms with Crippen LogP contribution < -0.4 is 0 Å². The molecular weight excluding hydrogens is 186 g/mol. The third-order valence-electron chi connectivity index (χ3n) is 3.25. The zero-order chi connectivity index (χ0) is 9.10. The van der Waals surface area contributed by atoms with E-state index in [0.717, 1.165) is 37.4 Å². The molecule has 76 valence electrons. The fourth-order valence-electron chi connectivity index (χ4n) is 2.42. The monoisotopic (exact) mass is 203 g/mol. The number of ether oxygens (including phenoxy) is 1. The molecule has 2 aliphatic rings. The first-order valence-electron chi connectivity index (χ1n) is 5.26. The topological polar surface area (TPSA) is 12.5 Å². The number of hydrogen-bond donors (Lipinski definition) is 0. The Hall–Kier alpha value is 0.210. The second kappa shape index (κ2) is 4.63. The van der Waals surface area contributed by atoms with Crippen LogP contribution in [0.1, 0.15) is 12.8 Å². The molecule has 0 aromatic carbocycles. The Labute approximate surface area is 85.2 Å². The SMILES string of the molecule is ClCCCN1CC[C@@H]2COC[C@@H]2C1. The molecule has 2 heterocycles. The number of halogens is 1. The molecule has 3 heteroatoms. The summed E-state index contributed by atoms with van der Waals surface area (Å²) >= 11 is 5.68. The average Bonchev–Trinajstić information content (AvgIpc) is 2.61. The zero-order valence-corrected chi connectivity index (χ0v) is 8.80. The van der Waals surface area contributed by atoms with Crippen LogP contribution in [0.4, 0.5) is 0 Å². The van der Waals surface area contributed by atoms with E-state index in [4.69, 9.17) is 16.3 Å². The predicted octanol–water partition coefficient (Wildman–Crippen LogP) is 1.58. The van der Waals surface area contributed by atoms with Gasteiger partial charge in [-0.15, -0.1) is 11.6 Å². The van der Waals surface area contributed by atoms with Gasteiger partial charge < -0.3 is 9.64 Å². The highest BCUT2D eigenvalue weighted by Crippen LogP contribution is 2.29. The summed E-state index contributed by atoms with van der Waals surface area (Å²) in [6, 6.07) is 0. The number of piperidine rings is 1. The molecule has 2 saturated heterocycles. The second-order valence-corrected chi connectivity index (χ2v) is 4.57. The Bertz CT molecular complexity index is 165. The highest BCUT2D eigenvalue weighted by molar-refractivity contribution is 6.17. The van der Waals surface area contributed by atoms with Gasteiger partial charge in [0.25, 0.3) is 0 Å². The number of hydrogen-bond acceptors (Lipinski definition) is 2. The van der Waals surface area contributed by atoms with Gasteiger partial charge in [0.2, 0.25) is 0 Å². The molecule has 2 rings (SSSR count). The molecule has 0 aromatic heterocycles. The number of alkyl halides is 1. The Morgan fingerprint density at radius 2 is 2.15 bits per heavy atom. The molecular formula is C10H18ClNO. The summed E-state index contributed by atoms with van der Waals surface area (Å²) in [5, 5.41) is 0. The maximum atomic E-state index is 5.68. The molecule has 0 aliphatic carbocycles. The van der Waals surface area contributed by atoms with Gasteiger partial charge in [-0.05, 0) is 31.8 Å². The van der Waals surface area contributed by atoms with Crippen molar-refractivity contribution >= 4 is 11.6 Å². The number of nitrogens with zero attached hydrogens (tertiary/aromatic N) is 1. The van der Waals surface area contributed by atoms with E-state index in [1.165, 1.54) is 26.1 Å². The minimum Gasteiger partial charge on any atom is -0.381 e. The van der Waals surface area contributed by atoms with Crippen molar-refractivity contribution in [1.29, 1.82) is 0 Å². The zero-order valence-electron chi connectivity index (χ0n) is 8.04. The van der Waals surface area contributed by atoms with Crippen molar-refractivity contribution in [2.75, 3.05) is 38.7 Å². The summed E-state index contributed by atoms with van der Waals surface area (Å²) in [6.07, 6.45) is 2.45. The summed E-state index contributed by atoms with van der Waals surface area (Å²) in [6.45, 7) is 5.66. The van der Waals surface area contributed by atoms with E-state index in [9.17, 15) is 0 Å². The van der Waals surface area contributed by atoms with Crippen molar-refractivity contribution in [2.24, 2.45) is 11.8 Å². The van der Waals surface area contributed by atoms with Crippen molar-refractivity contribution in [1.82, 2.24) is 4.90 Å². The van der Waals surface area contributed by atoms with Gasteiger partial charge in [0.15, 0.2) is 0 Å². The largest absolute Gasteiger partial charge is 0.381 e. The Morgan fingerprint density at radius 1 is 1.31 bits per heavy atom. The summed E-state index contributed by atoms with van der Waals surface area (Å²) in [4.78, 5) is 2.54. The van der Waals surface area contributed by atoms with Crippen LogP contribution in [0, 0.1) is 11.8 Å². The van der Waals surface area contributed by atoms with Crippen LogP contribution in [-0.2, 0) is 4.74 Å². The molecule has 13 heavy (non-hydrogen) atoms. The van der Waals surface area contributed by atoms with E-state index in [1.54, 1.807) is 0 Å². The van der Waals surface area contributed by atoms with Crippen molar-refractivity contribution in [3.05, 3.63) is 0 Å². The van der Waals surface area contributed by atoms with E-state index in [2.05, 4.69) is 4.90 Å². The molecule has 0 spiro atoms. The normalized spacial score (nSPS) is 34.8. The highest BCUT2D eigenvalue weighted by Gasteiger charge is 2.33. The van der Waals surface area contributed by atoms with Crippen LogP contribution in [0.15, 0.2) is 0 Å². The fourth-order valence-corrected chi connectivity index (χ4v) is 2.54. The minimum absolute atomic E-state index is 0.793. The molecule has 0 amide bonds. The van der Waals surface area contributed by atoms with Gasteiger partial charge in [-0.2, -0.15) is 0 Å². The average molecular weight is 204 g/mol. The van der Waals surface area contributed by atoms with E-state index < -0.39 is 0 Å². The first-order valence-corrected chi connectivity index (χ1v) is 5.79. The molecule has 2 atom stereocenters. The van der Waals surface area contributed by atoms with E-state index >= 15 is 0 Å². The predicted molar refractivity (Wildman–Crippen MR) is 54.2 cm³/mol. The summed E-state index contributed by atoms with van der Waals surface area (Å²) in [7, 11) is 0. The Morgan fingerprint density at radius 3 is 3.00 bits per heavy atom. The van der Waals surface area contributed by atoms with Crippen LogP contribution in [0.3, 0.4) is 0 Å². The summed E-state index contributed by atoms with van der Waals surface area (Å²) in [5.41, 5.74) is 0. The number of rotatable bonds is 3. The van der Waals surface area contributed by atoms with Crippen LogP contribution in [0.25, 0.3) is 0 Å². The Kier molecular flexibility index (Phi) is 3.47. The molecule has 2 nitrogen and oxygen atoms in total.